The molecule has 2 aromatic rings. The lowest BCUT2D eigenvalue weighted by atomic mass is 9.73. The fraction of sp³-hybridized carbons (Fsp3) is 0.333. The van der Waals surface area contributed by atoms with Crippen LogP contribution in [-0.4, -0.2) is 13.6 Å². The molecule has 0 amide bonds. The van der Waals surface area contributed by atoms with Gasteiger partial charge in [-0.2, -0.15) is 0 Å². The van der Waals surface area contributed by atoms with Crippen molar-refractivity contribution >= 4 is 0 Å². The van der Waals surface area contributed by atoms with Gasteiger partial charge in [0, 0.05) is 12.0 Å². The Bertz CT molecular complexity index is 583. The van der Waals surface area contributed by atoms with E-state index in [1.165, 1.54) is 17.7 Å². The van der Waals surface area contributed by atoms with Crippen molar-refractivity contribution in [2.75, 3.05) is 13.6 Å². The van der Waals surface area contributed by atoms with E-state index in [9.17, 15) is 8.78 Å². The van der Waals surface area contributed by atoms with E-state index in [-0.39, 0.29) is 5.41 Å². The summed E-state index contributed by atoms with van der Waals surface area (Å²) in [7, 11) is 1.92. The fourth-order valence-corrected chi connectivity index (χ4v) is 2.89. The standard InChI is InChI=1S/C18H21F2N/c1-3-18(13-21-2,15-7-5-4-6-8-15)12-14-9-10-16(19)17(20)11-14/h4-11,21H,3,12-13H2,1-2H3. The lowest BCUT2D eigenvalue weighted by Crippen LogP contribution is -2.38. The monoisotopic (exact) mass is 289 g/mol. The third-order valence-corrected chi connectivity index (χ3v) is 4.10. The van der Waals surface area contributed by atoms with Gasteiger partial charge in [-0.1, -0.05) is 43.3 Å². The summed E-state index contributed by atoms with van der Waals surface area (Å²) in [5.41, 5.74) is 1.90. The molecule has 1 unspecified atom stereocenters. The van der Waals surface area contributed by atoms with Crippen molar-refractivity contribution in [3.63, 3.8) is 0 Å². The first-order chi connectivity index (χ1) is 10.1. The van der Waals surface area contributed by atoms with Gasteiger partial charge in [-0.25, -0.2) is 8.78 Å². The summed E-state index contributed by atoms with van der Waals surface area (Å²) in [6, 6.07) is 14.4. The smallest absolute Gasteiger partial charge is 0.159 e. The Morgan fingerprint density at radius 1 is 1.00 bits per heavy atom. The highest BCUT2D eigenvalue weighted by Gasteiger charge is 2.30. The fourth-order valence-electron chi connectivity index (χ4n) is 2.89. The predicted molar refractivity (Wildman–Crippen MR) is 82.4 cm³/mol. The van der Waals surface area contributed by atoms with Crippen molar-refractivity contribution in [2.45, 2.75) is 25.2 Å². The zero-order valence-corrected chi connectivity index (χ0v) is 12.5. The van der Waals surface area contributed by atoms with E-state index in [0.29, 0.717) is 6.42 Å². The number of nitrogens with one attached hydrogen (secondary N) is 1. The van der Waals surface area contributed by atoms with Crippen LogP contribution in [0.2, 0.25) is 0 Å². The summed E-state index contributed by atoms with van der Waals surface area (Å²) in [6.45, 7) is 2.91. The van der Waals surface area contributed by atoms with Gasteiger partial charge in [0.25, 0.3) is 0 Å². The largest absolute Gasteiger partial charge is 0.319 e. The van der Waals surface area contributed by atoms with Gasteiger partial charge in [0.15, 0.2) is 11.6 Å². The number of hydrogen-bond acceptors (Lipinski definition) is 1. The van der Waals surface area contributed by atoms with Crippen LogP contribution in [0.5, 0.6) is 0 Å². The molecule has 0 saturated carbocycles. The minimum atomic E-state index is -0.797. The maximum atomic E-state index is 13.5. The quantitative estimate of drug-likeness (QED) is 0.845. The molecule has 2 rings (SSSR count). The van der Waals surface area contributed by atoms with E-state index in [1.807, 2.05) is 25.2 Å². The molecule has 0 fully saturated rings. The molecule has 0 heterocycles. The maximum Gasteiger partial charge on any atom is 0.159 e. The third-order valence-electron chi connectivity index (χ3n) is 4.10. The molecule has 0 aliphatic carbocycles. The van der Waals surface area contributed by atoms with Crippen LogP contribution >= 0.6 is 0 Å². The molecule has 1 N–H and O–H groups in total. The van der Waals surface area contributed by atoms with Crippen molar-refractivity contribution in [3.8, 4) is 0 Å². The third kappa shape index (κ3) is 3.48. The number of hydrogen-bond donors (Lipinski definition) is 1. The van der Waals surface area contributed by atoms with Crippen LogP contribution < -0.4 is 5.32 Å². The van der Waals surface area contributed by atoms with Crippen LogP contribution in [0.15, 0.2) is 48.5 Å². The minimum Gasteiger partial charge on any atom is -0.319 e. The second kappa shape index (κ2) is 6.81. The molecule has 0 aliphatic rings. The Hall–Kier alpha value is -1.74. The number of halogens is 2. The van der Waals surface area contributed by atoms with E-state index in [2.05, 4.69) is 24.4 Å². The van der Waals surface area contributed by atoms with Gasteiger partial charge >= 0.3 is 0 Å². The second-order valence-electron chi connectivity index (χ2n) is 5.46. The number of rotatable bonds is 6. The van der Waals surface area contributed by atoms with E-state index in [0.717, 1.165) is 18.5 Å². The maximum absolute atomic E-state index is 13.5. The molecule has 2 aromatic carbocycles. The van der Waals surface area contributed by atoms with Gasteiger partial charge in [-0.05, 0) is 43.1 Å². The zero-order valence-electron chi connectivity index (χ0n) is 12.5. The molecular weight excluding hydrogens is 268 g/mol. The van der Waals surface area contributed by atoms with Gasteiger partial charge in [0.1, 0.15) is 0 Å². The summed E-state index contributed by atoms with van der Waals surface area (Å²) < 4.78 is 26.6. The van der Waals surface area contributed by atoms with Gasteiger partial charge < -0.3 is 5.32 Å². The van der Waals surface area contributed by atoms with Crippen molar-refractivity contribution < 1.29 is 8.78 Å². The molecule has 0 saturated heterocycles. The molecule has 3 heteroatoms. The molecular formula is C18H21F2N. The van der Waals surface area contributed by atoms with Gasteiger partial charge in [-0.3, -0.25) is 0 Å². The molecule has 0 spiro atoms. The Labute approximate surface area is 125 Å². The van der Waals surface area contributed by atoms with Crippen molar-refractivity contribution in [2.24, 2.45) is 0 Å². The Morgan fingerprint density at radius 2 is 1.71 bits per heavy atom. The summed E-state index contributed by atoms with van der Waals surface area (Å²) in [5.74, 6) is -1.58. The van der Waals surface area contributed by atoms with Crippen LogP contribution in [0.3, 0.4) is 0 Å². The normalized spacial score (nSPS) is 13.9. The molecule has 0 bridgehead atoms. The minimum absolute atomic E-state index is 0.125. The number of likely N-dealkylation sites (N-methyl/N-ethyl adjacent to an activating group) is 1. The van der Waals surface area contributed by atoms with Crippen LogP contribution in [-0.2, 0) is 11.8 Å². The van der Waals surface area contributed by atoms with Crippen LogP contribution in [0, 0.1) is 11.6 Å². The van der Waals surface area contributed by atoms with Crippen molar-refractivity contribution in [3.05, 3.63) is 71.3 Å². The molecule has 1 atom stereocenters. The van der Waals surface area contributed by atoms with Crippen LogP contribution in [0.25, 0.3) is 0 Å². The van der Waals surface area contributed by atoms with Gasteiger partial charge in [-0.15, -0.1) is 0 Å². The summed E-state index contributed by atoms with van der Waals surface area (Å²) in [5, 5.41) is 3.24. The lowest BCUT2D eigenvalue weighted by molar-refractivity contribution is 0.389. The molecule has 0 aliphatic heterocycles. The van der Waals surface area contributed by atoms with Crippen LogP contribution in [0.4, 0.5) is 8.78 Å². The van der Waals surface area contributed by atoms with Crippen molar-refractivity contribution in [1.82, 2.24) is 5.32 Å². The van der Waals surface area contributed by atoms with Gasteiger partial charge in [0.05, 0.1) is 0 Å². The van der Waals surface area contributed by atoms with E-state index >= 15 is 0 Å². The van der Waals surface area contributed by atoms with E-state index in [4.69, 9.17) is 0 Å². The van der Waals surface area contributed by atoms with E-state index in [1.54, 1.807) is 6.07 Å². The predicted octanol–water partition coefficient (Wildman–Crippen LogP) is 4.07. The van der Waals surface area contributed by atoms with Crippen molar-refractivity contribution in [1.29, 1.82) is 0 Å². The lowest BCUT2D eigenvalue weighted by Gasteiger charge is -2.34. The molecule has 0 aromatic heterocycles. The highest BCUT2D eigenvalue weighted by Crippen LogP contribution is 2.32. The Balaban J connectivity index is 2.38. The summed E-state index contributed by atoms with van der Waals surface area (Å²) >= 11 is 0. The molecule has 21 heavy (non-hydrogen) atoms. The second-order valence-corrected chi connectivity index (χ2v) is 5.46. The SMILES string of the molecule is CCC(CNC)(Cc1ccc(F)c(F)c1)c1ccccc1. The highest BCUT2D eigenvalue weighted by atomic mass is 19.2. The summed E-state index contributed by atoms with van der Waals surface area (Å²) in [4.78, 5) is 0. The summed E-state index contributed by atoms with van der Waals surface area (Å²) in [6.07, 6.45) is 1.59. The van der Waals surface area contributed by atoms with Gasteiger partial charge in [0.2, 0.25) is 0 Å². The Kier molecular flexibility index (Phi) is 5.07. The molecule has 1 nitrogen and oxygen atoms in total. The molecule has 0 radical (unpaired) electrons. The molecule has 112 valence electrons. The zero-order chi connectivity index (χ0) is 15.3. The first kappa shape index (κ1) is 15.6. The first-order valence-electron chi connectivity index (χ1n) is 7.25. The first-order valence-corrected chi connectivity index (χ1v) is 7.25. The average Bonchev–Trinajstić information content (AvgIpc) is 2.51. The Morgan fingerprint density at radius 3 is 2.29 bits per heavy atom. The highest BCUT2D eigenvalue weighted by molar-refractivity contribution is 5.30. The van der Waals surface area contributed by atoms with Crippen LogP contribution in [0.1, 0.15) is 24.5 Å². The topological polar surface area (TPSA) is 12.0 Å². The number of benzene rings is 2. The van der Waals surface area contributed by atoms with E-state index < -0.39 is 11.6 Å². The average molecular weight is 289 g/mol.